The van der Waals surface area contributed by atoms with Crippen molar-refractivity contribution in [2.24, 2.45) is 5.92 Å². The van der Waals surface area contributed by atoms with Crippen molar-refractivity contribution in [2.45, 2.75) is 65.6 Å². The number of phenolic OH excluding ortho intramolecular Hbond substituents is 4. The molecule has 0 aromatic heterocycles. The smallest absolute Gasteiger partial charge is 0.174 e. The molecule has 0 saturated heterocycles. The minimum atomic E-state index is -1.04. The van der Waals surface area contributed by atoms with Gasteiger partial charge in [-0.15, -0.1) is 0 Å². The van der Waals surface area contributed by atoms with Crippen molar-refractivity contribution in [3.63, 3.8) is 0 Å². The molecule has 37 heavy (non-hydrogen) atoms. The number of carbonyl (C=O) groups is 1. The standard InChI is InChI=1S/C30H34O7/c1-15(2)7-8-17(16(3)4)11-20-28-19(9-10-30(5,6)37-28)27(35)26-23(34)14-24(36-29(20)26)25-21(32)12-18(31)13-22(25)33/h7,9-10,12-13,17,24,31-33,35H,3,8,11,14H2,1-2,4-6H3. The SMILES string of the molecule is C=C(C)C(CC=C(C)C)Cc1c2c(c(O)c3c1OC(c1c(O)cc(O)cc1O)CC3=O)C=CC(C)(C)O2. The number of hydrogen-bond donors (Lipinski definition) is 4. The van der Waals surface area contributed by atoms with Gasteiger partial charge < -0.3 is 29.9 Å². The summed E-state index contributed by atoms with van der Waals surface area (Å²) < 4.78 is 12.6. The zero-order valence-corrected chi connectivity index (χ0v) is 21.9. The van der Waals surface area contributed by atoms with Crippen LogP contribution in [-0.2, 0) is 6.42 Å². The summed E-state index contributed by atoms with van der Waals surface area (Å²) in [5, 5.41) is 41.9. The molecule has 0 spiro atoms. The largest absolute Gasteiger partial charge is 0.508 e. The number of ketones is 1. The van der Waals surface area contributed by atoms with Gasteiger partial charge in [0, 0.05) is 17.7 Å². The Balaban J connectivity index is 1.92. The van der Waals surface area contributed by atoms with E-state index in [0.717, 1.165) is 24.1 Å². The molecule has 2 heterocycles. The van der Waals surface area contributed by atoms with Gasteiger partial charge in [-0.1, -0.05) is 23.8 Å². The van der Waals surface area contributed by atoms with Crippen molar-refractivity contribution < 1.29 is 34.7 Å². The van der Waals surface area contributed by atoms with Crippen LogP contribution in [0.1, 0.15) is 80.6 Å². The molecule has 2 aromatic rings. The highest BCUT2D eigenvalue weighted by Crippen LogP contribution is 2.53. The number of rotatable bonds is 6. The van der Waals surface area contributed by atoms with Crippen molar-refractivity contribution >= 4 is 11.9 Å². The first-order valence-corrected chi connectivity index (χ1v) is 12.3. The van der Waals surface area contributed by atoms with Gasteiger partial charge in [-0.25, -0.2) is 0 Å². The minimum Gasteiger partial charge on any atom is -0.508 e. The molecule has 2 atom stereocenters. The molecule has 196 valence electrons. The molecule has 2 aromatic carbocycles. The molecule has 0 bridgehead atoms. The normalized spacial score (nSPS) is 18.2. The summed E-state index contributed by atoms with van der Waals surface area (Å²) in [6.45, 7) is 14.0. The predicted octanol–water partition coefficient (Wildman–Crippen LogP) is 6.49. The zero-order valence-electron chi connectivity index (χ0n) is 21.9. The lowest BCUT2D eigenvalue weighted by molar-refractivity contribution is 0.0832. The van der Waals surface area contributed by atoms with Crippen LogP contribution >= 0.6 is 0 Å². The van der Waals surface area contributed by atoms with Gasteiger partial charge in [-0.3, -0.25) is 4.79 Å². The van der Waals surface area contributed by atoms with Crippen LogP contribution in [0, 0.1) is 5.92 Å². The number of ether oxygens (including phenoxy) is 2. The fraction of sp³-hybridized carbons (Fsp3) is 0.367. The molecule has 0 fully saturated rings. The summed E-state index contributed by atoms with van der Waals surface area (Å²) in [4.78, 5) is 13.4. The summed E-state index contributed by atoms with van der Waals surface area (Å²) in [7, 11) is 0. The molecule has 0 saturated carbocycles. The van der Waals surface area contributed by atoms with E-state index >= 15 is 0 Å². The van der Waals surface area contributed by atoms with Crippen LogP contribution in [-0.4, -0.2) is 31.8 Å². The van der Waals surface area contributed by atoms with E-state index in [0.29, 0.717) is 23.3 Å². The van der Waals surface area contributed by atoms with E-state index in [1.54, 1.807) is 6.08 Å². The van der Waals surface area contributed by atoms with Gasteiger partial charge in [0.1, 0.15) is 51.8 Å². The number of carbonyl (C=O) groups excluding carboxylic acids is 1. The van der Waals surface area contributed by atoms with Crippen LogP contribution in [0.15, 0.2) is 42.0 Å². The molecule has 0 aliphatic carbocycles. The van der Waals surface area contributed by atoms with Gasteiger partial charge in [-0.05, 0) is 65.5 Å². The second-order valence-corrected chi connectivity index (χ2v) is 10.7. The molecule has 7 heteroatoms. The summed E-state index contributed by atoms with van der Waals surface area (Å²) in [5.41, 5.74) is 2.54. The molecule has 2 aliphatic rings. The van der Waals surface area contributed by atoms with E-state index in [1.165, 1.54) is 5.57 Å². The molecule has 0 amide bonds. The van der Waals surface area contributed by atoms with Crippen molar-refractivity contribution in [1.82, 2.24) is 0 Å². The Bertz CT molecular complexity index is 1320. The average molecular weight is 507 g/mol. The number of allylic oxidation sites excluding steroid dienone is 3. The van der Waals surface area contributed by atoms with Crippen molar-refractivity contribution in [3.05, 3.63) is 64.3 Å². The maximum Gasteiger partial charge on any atom is 0.174 e. The van der Waals surface area contributed by atoms with E-state index in [9.17, 15) is 25.2 Å². The van der Waals surface area contributed by atoms with E-state index in [2.05, 4.69) is 12.7 Å². The Morgan fingerprint density at radius 3 is 2.38 bits per heavy atom. The summed E-state index contributed by atoms with van der Waals surface area (Å²) in [6, 6.07) is 2.16. The van der Waals surface area contributed by atoms with Crippen LogP contribution in [0.4, 0.5) is 0 Å². The molecular weight excluding hydrogens is 472 g/mol. The second-order valence-electron chi connectivity index (χ2n) is 10.7. The molecule has 4 N–H and O–H groups in total. The molecule has 2 unspecified atom stereocenters. The second kappa shape index (κ2) is 9.54. The molecule has 7 nitrogen and oxygen atoms in total. The first-order chi connectivity index (χ1) is 17.3. The van der Waals surface area contributed by atoms with Gasteiger partial charge in [0.25, 0.3) is 0 Å². The molecule has 4 rings (SSSR count). The number of hydrogen-bond acceptors (Lipinski definition) is 7. The Morgan fingerprint density at radius 1 is 1.14 bits per heavy atom. The lowest BCUT2D eigenvalue weighted by Crippen LogP contribution is -2.30. The lowest BCUT2D eigenvalue weighted by atomic mass is 9.84. The first-order valence-electron chi connectivity index (χ1n) is 12.3. The van der Waals surface area contributed by atoms with E-state index < -0.39 is 29.0 Å². The summed E-state index contributed by atoms with van der Waals surface area (Å²) in [6.07, 6.45) is 5.62. The van der Waals surface area contributed by atoms with E-state index in [-0.39, 0.29) is 40.7 Å². The van der Waals surface area contributed by atoms with Gasteiger partial charge in [0.15, 0.2) is 5.78 Å². The third kappa shape index (κ3) is 5.03. The summed E-state index contributed by atoms with van der Waals surface area (Å²) in [5.74, 6) is -1.14. The van der Waals surface area contributed by atoms with E-state index in [1.807, 2.05) is 40.7 Å². The average Bonchev–Trinajstić information content (AvgIpc) is 2.76. The van der Waals surface area contributed by atoms with Crippen LogP contribution in [0.25, 0.3) is 6.08 Å². The fourth-order valence-electron chi connectivity index (χ4n) is 4.83. The quantitative estimate of drug-likeness (QED) is 0.331. The van der Waals surface area contributed by atoms with Gasteiger partial charge in [-0.2, -0.15) is 0 Å². The number of aromatic hydroxyl groups is 4. The van der Waals surface area contributed by atoms with E-state index in [4.69, 9.17) is 9.47 Å². The van der Waals surface area contributed by atoms with Crippen molar-refractivity contribution in [1.29, 1.82) is 0 Å². The monoisotopic (exact) mass is 506 g/mol. The van der Waals surface area contributed by atoms with Gasteiger partial charge in [0.2, 0.25) is 0 Å². The highest BCUT2D eigenvalue weighted by Gasteiger charge is 2.40. The minimum absolute atomic E-state index is 0.000169. The Hall–Kier alpha value is -3.87. The number of fused-ring (bicyclic) bond motifs is 2. The Morgan fingerprint density at radius 2 is 1.78 bits per heavy atom. The lowest BCUT2D eigenvalue weighted by Gasteiger charge is -2.35. The van der Waals surface area contributed by atoms with Crippen molar-refractivity contribution in [3.8, 4) is 34.5 Å². The van der Waals surface area contributed by atoms with Crippen LogP contribution < -0.4 is 9.47 Å². The third-order valence-corrected chi connectivity index (χ3v) is 6.84. The number of benzene rings is 2. The highest BCUT2D eigenvalue weighted by atomic mass is 16.5. The van der Waals surface area contributed by atoms with Crippen LogP contribution in [0.3, 0.4) is 0 Å². The topological polar surface area (TPSA) is 116 Å². The van der Waals surface area contributed by atoms with Crippen LogP contribution in [0.2, 0.25) is 0 Å². The highest BCUT2D eigenvalue weighted by molar-refractivity contribution is 6.05. The van der Waals surface area contributed by atoms with Gasteiger partial charge in [0.05, 0.1) is 17.5 Å². The van der Waals surface area contributed by atoms with Crippen molar-refractivity contribution in [2.75, 3.05) is 0 Å². The zero-order chi connectivity index (χ0) is 27.2. The predicted molar refractivity (Wildman–Crippen MR) is 142 cm³/mol. The maximum atomic E-state index is 13.4. The fourth-order valence-corrected chi connectivity index (χ4v) is 4.83. The molecular formula is C30H34O7. The molecule has 0 radical (unpaired) electrons. The van der Waals surface area contributed by atoms with Crippen LogP contribution in [0.5, 0.6) is 34.5 Å². The number of Topliss-reactive ketones (excluding diaryl/α,β-unsaturated/α-hetero) is 1. The van der Waals surface area contributed by atoms with Gasteiger partial charge >= 0.3 is 0 Å². The third-order valence-electron chi connectivity index (χ3n) is 6.84. The molecule has 2 aliphatic heterocycles. The first kappa shape index (κ1) is 26.2. The maximum absolute atomic E-state index is 13.4. The Kier molecular flexibility index (Phi) is 6.76. The number of phenols is 4. The Labute approximate surface area is 217 Å². The summed E-state index contributed by atoms with van der Waals surface area (Å²) >= 11 is 0.